The Hall–Kier alpha value is -2.78. The molecule has 0 saturated heterocycles. The first-order chi connectivity index (χ1) is 13.7. The highest BCUT2D eigenvalue weighted by Crippen LogP contribution is 2.28. The van der Waals surface area contributed by atoms with E-state index < -0.39 is 0 Å². The third kappa shape index (κ3) is 5.86. The number of carbonyl (C=O) groups is 1. The van der Waals surface area contributed by atoms with Gasteiger partial charge in [-0.2, -0.15) is 0 Å². The maximum Gasteiger partial charge on any atom is 0.230 e. The average Bonchev–Trinajstić information content (AvgIpc) is 3.19. The molecule has 7 nitrogen and oxygen atoms in total. The zero-order chi connectivity index (χ0) is 19.8. The molecule has 0 aliphatic carbocycles. The van der Waals surface area contributed by atoms with Crippen LogP contribution in [0.1, 0.15) is 5.56 Å². The van der Waals surface area contributed by atoms with E-state index in [1.165, 1.54) is 23.1 Å². The van der Waals surface area contributed by atoms with Gasteiger partial charge in [-0.05, 0) is 42.0 Å². The number of amides is 1. The Morgan fingerprint density at radius 1 is 1.00 bits per heavy atom. The fraction of sp³-hybridized carbons (Fsp3) is 0.211. The van der Waals surface area contributed by atoms with Crippen molar-refractivity contribution in [2.75, 3.05) is 25.3 Å². The monoisotopic (exact) mass is 416 g/mol. The van der Waals surface area contributed by atoms with Crippen LogP contribution in [-0.4, -0.2) is 36.1 Å². The smallest absolute Gasteiger partial charge is 0.230 e. The molecule has 9 heteroatoms. The molecule has 3 rings (SSSR count). The molecule has 0 aliphatic rings. The van der Waals surface area contributed by atoms with E-state index >= 15 is 0 Å². The van der Waals surface area contributed by atoms with Crippen LogP contribution in [0, 0.1) is 0 Å². The second-order valence-electron chi connectivity index (χ2n) is 5.64. The summed E-state index contributed by atoms with van der Waals surface area (Å²) in [6, 6.07) is 15.1. The van der Waals surface area contributed by atoms with Crippen molar-refractivity contribution in [2.45, 2.75) is 10.9 Å². The third-order valence-corrected chi connectivity index (χ3v) is 5.70. The van der Waals surface area contributed by atoms with Gasteiger partial charge in [-0.25, -0.2) is 0 Å². The molecule has 0 saturated carbocycles. The molecule has 1 aromatic heterocycles. The van der Waals surface area contributed by atoms with Crippen LogP contribution in [0.5, 0.6) is 11.5 Å². The molecule has 2 N–H and O–H groups in total. The summed E-state index contributed by atoms with van der Waals surface area (Å²) in [6.45, 7) is 0.476. The predicted octanol–water partition coefficient (Wildman–Crippen LogP) is 3.71. The Bertz CT molecular complexity index is 898. The highest BCUT2D eigenvalue weighted by atomic mass is 32.2. The summed E-state index contributed by atoms with van der Waals surface area (Å²) in [7, 11) is 3.25. The van der Waals surface area contributed by atoms with Crippen LogP contribution in [0.2, 0.25) is 0 Å². The lowest BCUT2D eigenvalue weighted by molar-refractivity contribution is -0.118. The number of benzene rings is 2. The van der Waals surface area contributed by atoms with Gasteiger partial charge in [-0.1, -0.05) is 35.2 Å². The van der Waals surface area contributed by atoms with Crippen molar-refractivity contribution in [1.82, 2.24) is 15.5 Å². The number of nitrogens with one attached hydrogen (secondary N) is 2. The summed E-state index contributed by atoms with van der Waals surface area (Å²) in [5.41, 5.74) is 1.91. The largest absolute Gasteiger partial charge is 0.497 e. The Labute approximate surface area is 171 Å². The number of ether oxygens (including phenoxy) is 2. The Morgan fingerprint density at radius 2 is 1.64 bits per heavy atom. The Morgan fingerprint density at radius 3 is 2.29 bits per heavy atom. The molecular formula is C19H20N4O3S2. The maximum atomic E-state index is 12.0. The summed E-state index contributed by atoms with van der Waals surface area (Å²) < 4.78 is 11.0. The standard InChI is InChI=1S/C19H20N4O3S2/c1-25-15-7-3-13(4-8-15)11-20-17(24)12-27-19-23-22-18(28-19)21-14-5-9-16(26-2)10-6-14/h3-10H,11-12H2,1-2H3,(H,20,24)(H,21,22). The zero-order valence-corrected chi connectivity index (χ0v) is 17.1. The normalized spacial score (nSPS) is 10.4. The number of nitrogens with zero attached hydrogens (tertiary/aromatic N) is 2. The van der Waals surface area contributed by atoms with Gasteiger partial charge >= 0.3 is 0 Å². The number of carbonyl (C=O) groups excluding carboxylic acids is 1. The number of hydrogen-bond acceptors (Lipinski definition) is 8. The van der Waals surface area contributed by atoms with Crippen LogP contribution in [0.25, 0.3) is 0 Å². The first kappa shape index (κ1) is 20.0. The summed E-state index contributed by atoms with van der Waals surface area (Å²) in [6.07, 6.45) is 0. The number of rotatable bonds is 9. The number of hydrogen-bond donors (Lipinski definition) is 2. The summed E-state index contributed by atoms with van der Waals surface area (Å²) in [5, 5.41) is 15.0. The number of methoxy groups -OCH3 is 2. The summed E-state index contributed by atoms with van der Waals surface area (Å²) >= 11 is 2.76. The molecule has 3 aromatic rings. The van der Waals surface area contributed by atoms with E-state index in [0.29, 0.717) is 11.7 Å². The van der Waals surface area contributed by atoms with Crippen molar-refractivity contribution in [3.8, 4) is 11.5 Å². The molecule has 0 bridgehead atoms. The van der Waals surface area contributed by atoms with Crippen LogP contribution in [0.15, 0.2) is 52.9 Å². The fourth-order valence-corrected chi connectivity index (χ4v) is 3.84. The van der Waals surface area contributed by atoms with Gasteiger partial charge in [0.05, 0.1) is 20.0 Å². The number of aromatic nitrogens is 2. The molecule has 146 valence electrons. The van der Waals surface area contributed by atoms with Crippen molar-refractivity contribution in [3.63, 3.8) is 0 Å². The van der Waals surface area contributed by atoms with E-state index in [-0.39, 0.29) is 11.7 Å². The lowest BCUT2D eigenvalue weighted by atomic mass is 10.2. The van der Waals surface area contributed by atoms with Crippen LogP contribution >= 0.6 is 23.1 Å². The SMILES string of the molecule is COc1ccc(CNC(=O)CSc2nnc(Nc3ccc(OC)cc3)s2)cc1. The van der Waals surface area contributed by atoms with Crippen molar-refractivity contribution in [3.05, 3.63) is 54.1 Å². The number of anilines is 2. The predicted molar refractivity (Wildman–Crippen MR) is 112 cm³/mol. The van der Waals surface area contributed by atoms with E-state index in [4.69, 9.17) is 9.47 Å². The van der Waals surface area contributed by atoms with Crippen LogP contribution < -0.4 is 20.1 Å². The molecular weight excluding hydrogens is 396 g/mol. The van der Waals surface area contributed by atoms with Gasteiger partial charge < -0.3 is 20.1 Å². The van der Waals surface area contributed by atoms with Gasteiger partial charge in [0.25, 0.3) is 0 Å². The molecule has 0 fully saturated rings. The molecule has 0 radical (unpaired) electrons. The van der Waals surface area contributed by atoms with E-state index in [1.54, 1.807) is 14.2 Å². The summed E-state index contributed by atoms with van der Waals surface area (Å²) in [4.78, 5) is 12.0. The van der Waals surface area contributed by atoms with E-state index in [0.717, 1.165) is 27.1 Å². The maximum absolute atomic E-state index is 12.0. The molecule has 0 aliphatic heterocycles. The molecule has 1 heterocycles. The van der Waals surface area contributed by atoms with Crippen LogP contribution in [0.3, 0.4) is 0 Å². The highest BCUT2D eigenvalue weighted by molar-refractivity contribution is 8.01. The minimum absolute atomic E-state index is 0.0549. The average molecular weight is 417 g/mol. The summed E-state index contributed by atoms with van der Waals surface area (Å²) in [5.74, 6) is 1.81. The molecule has 0 unspecified atom stereocenters. The molecule has 0 spiro atoms. The lowest BCUT2D eigenvalue weighted by Crippen LogP contribution is -2.24. The van der Waals surface area contributed by atoms with Gasteiger partial charge in [0.15, 0.2) is 4.34 Å². The second kappa shape index (κ2) is 9.95. The second-order valence-corrected chi connectivity index (χ2v) is 7.84. The number of thioether (sulfide) groups is 1. The molecule has 2 aromatic carbocycles. The van der Waals surface area contributed by atoms with Crippen molar-refractivity contribution in [1.29, 1.82) is 0 Å². The van der Waals surface area contributed by atoms with Gasteiger partial charge in [0.1, 0.15) is 11.5 Å². The fourth-order valence-electron chi connectivity index (χ4n) is 2.24. The van der Waals surface area contributed by atoms with E-state index in [2.05, 4.69) is 20.8 Å². The minimum atomic E-state index is -0.0549. The molecule has 28 heavy (non-hydrogen) atoms. The van der Waals surface area contributed by atoms with Gasteiger partial charge in [-0.15, -0.1) is 10.2 Å². The van der Waals surface area contributed by atoms with E-state index in [9.17, 15) is 4.79 Å². The van der Waals surface area contributed by atoms with Crippen molar-refractivity contribution < 1.29 is 14.3 Å². The lowest BCUT2D eigenvalue weighted by Gasteiger charge is -2.05. The highest BCUT2D eigenvalue weighted by Gasteiger charge is 2.09. The third-order valence-electron chi connectivity index (χ3n) is 3.72. The topological polar surface area (TPSA) is 85.4 Å². The van der Waals surface area contributed by atoms with Gasteiger partial charge in [0, 0.05) is 12.2 Å². The quantitative estimate of drug-likeness (QED) is 0.514. The van der Waals surface area contributed by atoms with Crippen LogP contribution in [-0.2, 0) is 11.3 Å². The zero-order valence-electron chi connectivity index (χ0n) is 15.5. The Balaban J connectivity index is 1.43. The van der Waals surface area contributed by atoms with Crippen molar-refractivity contribution in [2.24, 2.45) is 0 Å². The van der Waals surface area contributed by atoms with E-state index in [1.807, 2.05) is 48.5 Å². The first-order valence-electron chi connectivity index (χ1n) is 8.43. The van der Waals surface area contributed by atoms with Gasteiger partial charge in [0.2, 0.25) is 11.0 Å². The first-order valence-corrected chi connectivity index (χ1v) is 10.2. The minimum Gasteiger partial charge on any atom is -0.497 e. The van der Waals surface area contributed by atoms with Crippen molar-refractivity contribution >= 4 is 39.8 Å². The molecule has 0 atom stereocenters. The van der Waals surface area contributed by atoms with Gasteiger partial charge in [-0.3, -0.25) is 4.79 Å². The molecule has 1 amide bonds. The Kier molecular flexibility index (Phi) is 7.10. The van der Waals surface area contributed by atoms with Crippen LogP contribution in [0.4, 0.5) is 10.8 Å².